The van der Waals surface area contributed by atoms with Gasteiger partial charge in [-0.15, -0.1) is 0 Å². The fraction of sp³-hybridized carbons (Fsp3) is 0.308. The third-order valence-corrected chi connectivity index (χ3v) is 5.04. The van der Waals surface area contributed by atoms with Crippen LogP contribution < -0.4 is 10.5 Å². The van der Waals surface area contributed by atoms with Crippen molar-refractivity contribution in [1.82, 2.24) is 9.71 Å². The molecule has 1 heterocycles. The monoisotopic (exact) mass is 293 g/mol. The molecule has 0 aliphatic heterocycles. The number of pyridine rings is 1. The Morgan fingerprint density at radius 3 is 2.75 bits per heavy atom. The zero-order valence-electron chi connectivity index (χ0n) is 10.7. The summed E-state index contributed by atoms with van der Waals surface area (Å²) in [5, 5.41) is 9.85. The van der Waals surface area contributed by atoms with Crippen molar-refractivity contribution in [3.05, 3.63) is 30.5 Å². The van der Waals surface area contributed by atoms with Gasteiger partial charge in [0.05, 0.1) is 11.6 Å². The number of nitrogens with one attached hydrogen (secondary N) is 1. The number of fused-ring (bicyclic) bond motifs is 1. The summed E-state index contributed by atoms with van der Waals surface area (Å²) in [4.78, 5) is 4.24. The molecule has 2 aromatic rings. The Morgan fingerprint density at radius 2 is 2.05 bits per heavy atom. The van der Waals surface area contributed by atoms with Crippen LogP contribution in [0.25, 0.3) is 10.9 Å². The van der Waals surface area contributed by atoms with E-state index in [4.69, 9.17) is 5.73 Å². The maximum absolute atomic E-state index is 12.4. The van der Waals surface area contributed by atoms with E-state index in [0.717, 1.165) is 0 Å². The van der Waals surface area contributed by atoms with Gasteiger partial charge in [-0.3, -0.25) is 4.98 Å². The van der Waals surface area contributed by atoms with Gasteiger partial charge in [0.15, 0.2) is 0 Å². The SMILES string of the molecule is Nc1ccc(S(=O)(=O)NC2CC(O)C2)c2ncccc12. The van der Waals surface area contributed by atoms with Gasteiger partial charge in [0.1, 0.15) is 4.90 Å². The molecule has 3 rings (SSSR count). The molecule has 1 aromatic heterocycles. The molecular formula is C13H15N3O3S. The van der Waals surface area contributed by atoms with E-state index in [0.29, 0.717) is 29.4 Å². The summed E-state index contributed by atoms with van der Waals surface area (Å²) in [7, 11) is -3.67. The molecule has 0 amide bonds. The molecule has 0 spiro atoms. The van der Waals surface area contributed by atoms with Gasteiger partial charge in [0.25, 0.3) is 0 Å². The number of nitrogens with two attached hydrogens (primary N) is 1. The number of rotatable bonds is 3. The first kappa shape index (κ1) is 13.3. The largest absolute Gasteiger partial charge is 0.398 e. The van der Waals surface area contributed by atoms with E-state index in [1.165, 1.54) is 12.3 Å². The van der Waals surface area contributed by atoms with Gasteiger partial charge < -0.3 is 10.8 Å². The second kappa shape index (κ2) is 4.69. The highest BCUT2D eigenvalue weighted by Gasteiger charge is 2.32. The minimum atomic E-state index is -3.67. The molecule has 0 saturated heterocycles. The predicted octanol–water partition coefficient (Wildman–Crippen LogP) is 0.619. The molecule has 20 heavy (non-hydrogen) atoms. The molecule has 0 atom stereocenters. The van der Waals surface area contributed by atoms with Gasteiger partial charge >= 0.3 is 0 Å². The van der Waals surface area contributed by atoms with E-state index >= 15 is 0 Å². The second-order valence-electron chi connectivity index (χ2n) is 5.00. The van der Waals surface area contributed by atoms with Crippen molar-refractivity contribution >= 4 is 26.6 Å². The number of aliphatic hydroxyl groups is 1. The molecule has 1 saturated carbocycles. The Bertz CT molecular complexity index is 755. The summed E-state index contributed by atoms with van der Waals surface area (Å²) >= 11 is 0. The number of aliphatic hydroxyl groups excluding tert-OH is 1. The molecule has 4 N–H and O–H groups in total. The number of hydrogen-bond donors (Lipinski definition) is 3. The van der Waals surface area contributed by atoms with Crippen LogP contribution in [-0.2, 0) is 10.0 Å². The number of sulfonamides is 1. The van der Waals surface area contributed by atoms with Crippen LogP contribution in [0.4, 0.5) is 5.69 Å². The Hall–Kier alpha value is -1.70. The van der Waals surface area contributed by atoms with Crippen LogP contribution in [0.2, 0.25) is 0 Å². The van der Waals surface area contributed by atoms with E-state index in [1.807, 2.05) is 0 Å². The fourth-order valence-electron chi connectivity index (χ4n) is 2.35. The van der Waals surface area contributed by atoms with Gasteiger partial charge in [-0.05, 0) is 37.1 Å². The number of hydrogen-bond acceptors (Lipinski definition) is 5. The summed E-state index contributed by atoms with van der Waals surface area (Å²) in [6.45, 7) is 0. The van der Waals surface area contributed by atoms with Gasteiger partial charge in [-0.1, -0.05) is 0 Å². The smallest absolute Gasteiger partial charge is 0.242 e. The third-order valence-electron chi connectivity index (χ3n) is 3.49. The lowest BCUT2D eigenvalue weighted by Gasteiger charge is -2.31. The summed E-state index contributed by atoms with van der Waals surface area (Å²) < 4.78 is 27.4. The minimum Gasteiger partial charge on any atom is -0.398 e. The molecule has 1 fully saturated rings. The van der Waals surface area contributed by atoms with Crippen LogP contribution in [0.3, 0.4) is 0 Å². The zero-order valence-corrected chi connectivity index (χ0v) is 11.5. The quantitative estimate of drug-likeness (QED) is 0.719. The molecule has 0 unspecified atom stereocenters. The van der Waals surface area contributed by atoms with Crippen LogP contribution >= 0.6 is 0 Å². The third kappa shape index (κ3) is 2.24. The molecule has 7 heteroatoms. The van der Waals surface area contributed by atoms with Crippen LogP contribution in [0.15, 0.2) is 35.4 Å². The van der Waals surface area contributed by atoms with Crippen LogP contribution in [-0.4, -0.2) is 30.7 Å². The average molecular weight is 293 g/mol. The molecule has 1 aliphatic rings. The molecular weight excluding hydrogens is 278 g/mol. The number of nitrogens with zero attached hydrogens (tertiary/aromatic N) is 1. The Morgan fingerprint density at radius 1 is 1.30 bits per heavy atom. The first-order valence-corrected chi connectivity index (χ1v) is 7.79. The van der Waals surface area contributed by atoms with Crippen molar-refractivity contribution in [3.8, 4) is 0 Å². The van der Waals surface area contributed by atoms with Gasteiger partial charge in [0.2, 0.25) is 10.0 Å². The standard InChI is InChI=1S/C13H15N3O3S/c14-11-3-4-12(13-10(11)2-1-5-15-13)20(18,19)16-8-6-9(17)7-8/h1-5,8-9,16-17H,6-7,14H2. The van der Waals surface area contributed by atoms with Gasteiger partial charge in [-0.25, -0.2) is 13.1 Å². The Balaban J connectivity index is 2.03. The molecule has 1 aromatic carbocycles. The van der Waals surface area contributed by atoms with E-state index in [2.05, 4.69) is 9.71 Å². The number of benzene rings is 1. The predicted molar refractivity (Wildman–Crippen MR) is 75.5 cm³/mol. The van der Waals surface area contributed by atoms with Crippen LogP contribution in [0, 0.1) is 0 Å². The van der Waals surface area contributed by atoms with E-state index in [9.17, 15) is 13.5 Å². The normalized spacial score (nSPS) is 22.6. The summed E-state index contributed by atoms with van der Waals surface area (Å²) in [5.74, 6) is 0. The number of aromatic nitrogens is 1. The van der Waals surface area contributed by atoms with Crippen molar-refractivity contribution in [3.63, 3.8) is 0 Å². The highest BCUT2D eigenvalue weighted by molar-refractivity contribution is 7.89. The first-order valence-electron chi connectivity index (χ1n) is 6.31. The number of nitrogen functional groups attached to an aromatic ring is 1. The number of anilines is 1. The molecule has 6 nitrogen and oxygen atoms in total. The molecule has 0 radical (unpaired) electrons. The summed E-state index contributed by atoms with van der Waals surface area (Å²) in [5.41, 5.74) is 6.69. The van der Waals surface area contributed by atoms with E-state index in [-0.39, 0.29) is 10.9 Å². The van der Waals surface area contributed by atoms with Crippen molar-refractivity contribution in [2.45, 2.75) is 29.9 Å². The average Bonchev–Trinajstić information content (AvgIpc) is 2.37. The maximum atomic E-state index is 12.4. The highest BCUT2D eigenvalue weighted by Crippen LogP contribution is 2.27. The topological polar surface area (TPSA) is 105 Å². The van der Waals surface area contributed by atoms with E-state index < -0.39 is 16.1 Å². The van der Waals surface area contributed by atoms with Crippen molar-refractivity contribution in [1.29, 1.82) is 0 Å². The fourth-order valence-corrected chi connectivity index (χ4v) is 3.78. The Labute approximate surface area is 116 Å². The van der Waals surface area contributed by atoms with Crippen molar-refractivity contribution in [2.24, 2.45) is 0 Å². The first-order chi connectivity index (χ1) is 9.47. The lowest BCUT2D eigenvalue weighted by atomic mass is 9.91. The summed E-state index contributed by atoms with van der Waals surface area (Å²) in [6.07, 6.45) is 2.01. The molecule has 1 aliphatic carbocycles. The Kier molecular flexibility index (Phi) is 3.12. The van der Waals surface area contributed by atoms with Crippen molar-refractivity contribution in [2.75, 3.05) is 5.73 Å². The maximum Gasteiger partial charge on any atom is 0.242 e. The molecule has 0 bridgehead atoms. The summed E-state index contributed by atoms with van der Waals surface area (Å²) in [6, 6.07) is 6.26. The zero-order chi connectivity index (χ0) is 14.3. The van der Waals surface area contributed by atoms with Gasteiger partial charge in [-0.2, -0.15) is 0 Å². The van der Waals surface area contributed by atoms with Crippen molar-refractivity contribution < 1.29 is 13.5 Å². The minimum absolute atomic E-state index is 0.115. The lowest BCUT2D eigenvalue weighted by Crippen LogP contribution is -2.46. The lowest BCUT2D eigenvalue weighted by molar-refractivity contribution is 0.0712. The van der Waals surface area contributed by atoms with Crippen LogP contribution in [0.5, 0.6) is 0 Å². The second-order valence-corrected chi connectivity index (χ2v) is 6.68. The van der Waals surface area contributed by atoms with E-state index in [1.54, 1.807) is 18.2 Å². The molecule has 106 valence electrons. The van der Waals surface area contributed by atoms with Gasteiger partial charge in [0, 0.05) is 23.3 Å². The van der Waals surface area contributed by atoms with Crippen LogP contribution in [0.1, 0.15) is 12.8 Å². The highest BCUT2D eigenvalue weighted by atomic mass is 32.2.